The molecule has 6 nitrogen and oxygen atoms in total. The molecule has 0 radical (unpaired) electrons. The normalized spacial score (nSPS) is 11.8. The van der Waals surface area contributed by atoms with E-state index in [4.69, 9.17) is 11.6 Å². The summed E-state index contributed by atoms with van der Waals surface area (Å²) in [5.41, 5.74) is -0.320. The average molecular weight is 287 g/mol. The number of tetrazole rings is 1. The summed E-state index contributed by atoms with van der Waals surface area (Å²) in [6, 6.07) is 0. The van der Waals surface area contributed by atoms with Crippen LogP contribution in [0.3, 0.4) is 0 Å². The number of halogens is 1. The van der Waals surface area contributed by atoms with Gasteiger partial charge in [-0.15, -0.1) is 16.4 Å². The van der Waals surface area contributed by atoms with Crippen LogP contribution in [0.15, 0.2) is 5.38 Å². The number of thiophene rings is 1. The number of carboxylic acid groups (broad SMARTS) is 1. The molecule has 0 aliphatic rings. The minimum Gasteiger partial charge on any atom is -0.479 e. The Hall–Kier alpha value is -1.47. The van der Waals surface area contributed by atoms with E-state index in [0.29, 0.717) is 15.7 Å². The summed E-state index contributed by atoms with van der Waals surface area (Å²) in [6.07, 6.45) is 0. The van der Waals surface area contributed by atoms with Gasteiger partial charge in [-0.25, -0.2) is 9.48 Å². The molecule has 0 unspecified atom stereocenters. The third-order valence-corrected chi connectivity index (χ3v) is 4.32. The van der Waals surface area contributed by atoms with E-state index in [1.165, 1.54) is 29.9 Å². The van der Waals surface area contributed by atoms with Crippen molar-refractivity contribution in [2.45, 2.75) is 26.3 Å². The molecule has 0 aliphatic heterocycles. The van der Waals surface area contributed by atoms with E-state index in [9.17, 15) is 9.90 Å². The molecule has 2 rings (SSSR count). The number of hydrogen-bond acceptors (Lipinski definition) is 5. The standard InChI is InChI=1S/C10H11ClN4O2S/c1-5-4-18-7(6(5)11)8-12-13-14-15(8)10(2,3)9(16)17/h4H,1-3H3,(H,16,17). The number of aryl methyl sites for hydroxylation is 1. The molecule has 0 aliphatic carbocycles. The first-order chi connectivity index (χ1) is 8.35. The van der Waals surface area contributed by atoms with Crippen LogP contribution in [0, 0.1) is 6.92 Å². The zero-order valence-electron chi connectivity index (χ0n) is 10.0. The van der Waals surface area contributed by atoms with Crippen molar-refractivity contribution in [1.82, 2.24) is 20.2 Å². The molecule has 0 atom stereocenters. The molecule has 2 aromatic rings. The summed E-state index contributed by atoms with van der Waals surface area (Å²) >= 11 is 7.54. The lowest BCUT2D eigenvalue weighted by Crippen LogP contribution is -2.37. The van der Waals surface area contributed by atoms with Gasteiger partial charge >= 0.3 is 5.97 Å². The van der Waals surface area contributed by atoms with Gasteiger partial charge in [-0.2, -0.15) is 0 Å². The van der Waals surface area contributed by atoms with Gasteiger partial charge in [-0.1, -0.05) is 11.6 Å². The lowest BCUT2D eigenvalue weighted by Gasteiger charge is -2.20. The molecule has 2 aromatic heterocycles. The quantitative estimate of drug-likeness (QED) is 0.935. The topological polar surface area (TPSA) is 80.9 Å². The summed E-state index contributed by atoms with van der Waals surface area (Å²) in [5, 5.41) is 22.8. The van der Waals surface area contributed by atoms with E-state index < -0.39 is 11.5 Å². The fourth-order valence-corrected chi connectivity index (χ4v) is 2.62. The first-order valence-corrected chi connectivity index (χ1v) is 6.37. The number of carbonyl (C=O) groups is 1. The second-order valence-corrected chi connectivity index (χ2v) is 5.60. The fourth-order valence-electron chi connectivity index (χ4n) is 1.38. The SMILES string of the molecule is Cc1csc(-c2nnnn2C(C)(C)C(=O)O)c1Cl. The Morgan fingerprint density at radius 1 is 1.56 bits per heavy atom. The summed E-state index contributed by atoms with van der Waals surface area (Å²) < 4.78 is 1.27. The van der Waals surface area contributed by atoms with E-state index >= 15 is 0 Å². The smallest absolute Gasteiger partial charge is 0.331 e. The van der Waals surface area contributed by atoms with Gasteiger partial charge in [0.1, 0.15) is 0 Å². The van der Waals surface area contributed by atoms with Crippen LogP contribution < -0.4 is 0 Å². The minimum atomic E-state index is -1.24. The Balaban J connectivity index is 2.59. The predicted octanol–water partition coefficient (Wildman–Crippen LogP) is 2.18. The van der Waals surface area contributed by atoms with Crippen LogP contribution in [0.4, 0.5) is 0 Å². The molecule has 2 heterocycles. The summed E-state index contributed by atoms with van der Waals surface area (Å²) in [4.78, 5) is 11.9. The van der Waals surface area contributed by atoms with E-state index in [1.54, 1.807) is 0 Å². The monoisotopic (exact) mass is 286 g/mol. The Morgan fingerprint density at radius 2 is 2.22 bits per heavy atom. The van der Waals surface area contributed by atoms with Crippen LogP contribution >= 0.6 is 22.9 Å². The zero-order chi connectivity index (χ0) is 13.5. The lowest BCUT2D eigenvalue weighted by molar-refractivity contribution is -0.146. The van der Waals surface area contributed by atoms with Crippen LogP contribution in [0.25, 0.3) is 10.7 Å². The number of nitrogens with zero attached hydrogens (tertiary/aromatic N) is 4. The lowest BCUT2D eigenvalue weighted by atomic mass is 10.1. The van der Waals surface area contributed by atoms with Gasteiger partial charge in [-0.3, -0.25) is 0 Å². The van der Waals surface area contributed by atoms with Gasteiger partial charge in [0.15, 0.2) is 11.4 Å². The van der Waals surface area contributed by atoms with Crippen molar-refractivity contribution < 1.29 is 9.90 Å². The third-order valence-electron chi connectivity index (χ3n) is 2.62. The molecule has 8 heteroatoms. The molecule has 0 saturated carbocycles. The van der Waals surface area contributed by atoms with Gasteiger partial charge in [0.25, 0.3) is 0 Å². The van der Waals surface area contributed by atoms with Crippen LogP contribution in [0.1, 0.15) is 19.4 Å². The van der Waals surface area contributed by atoms with Gasteiger partial charge in [-0.05, 0) is 42.1 Å². The second-order valence-electron chi connectivity index (χ2n) is 4.34. The highest BCUT2D eigenvalue weighted by Gasteiger charge is 2.34. The molecule has 0 fully saturated rings. The Labute approximate surface area is 112 Å². The maximum atomic E-state index is 11.2. The van der Waals surface area contributed by atoms with Crippen molar-refractivity contribution >= 4 is 28.9 Å². The first kappa shape index (κ1) is 13.0. The maximum Gasteiger partial charge on any atom is 0.331 e. The van der Waals surface area contributed by atoms with Gasteiger partial charge < -0.3 is 5.11 Å². The van der Waals surface area contributed by atoms with E-state index in [1.807, 2.05) is 12.3 Å². The predicted molar refractivity (Wildman–Crippen MR) is 67.8 cm³/mol. The van der Waals surface area contributed by atoms with Crippen LogP contribution in [0.5, 0.6) is 0 Å². The van der Waals surface area contributed by atoms with Crippen molar-refractivity contribution in [3.8, 4) is 10.7 Å². The largest absolute Gasteiger partial charge is 0.479 e. The highest BCUT2D eigenvalue weighted by atomic mass is 35.5. The highest BCUT2D eigenvalue weighted by Crippen LogP contribution is 2.36. The third kappa shape index (κ3) is 1.89. The summed E-state index contributed by atoms with van der Waals surface area (Å²) in [7, 11) is 0. The Morgan fingerprint density at radius 3 is 2.72 bits per heavy atom. The number of carboxylic acids is 1. The molecular weight excluding hydrogens is 276 g/mol. The molecule has 0 saturated heterocycles. The van der Waals surface area contributed by atoms with E-state index in [-0.39, 0.29) is 0 Å². The molecule has 0 spiro atoms. The van der Waals surface area contributed by atoms with Gasteiger partial charge in [0.2, 0.25) is 0 Å². The molecular formula is C10H11ClN4O2S. The number of rotatable bonds is 3. The molecule has 18 heavy (non-hydrogen) atoms. The Kier molecular flexibility index (Phi) is 3.12. The first-order valence-electron chi connectivity index (χ1n) is 5.12. The van der Waals surface area contributed by atoms with E-state index in [2.05, 4.69) is 15.5 Å². The molecule has 0 amide bonds. The zero-order valence-corrected chi connectivity index (χ0v) is 11.6. The van der Waals surface area contributed by atoms with Crippen molar-refractivity contribution in [3.63, 3.8) is 0 Å². The number of aromatic nitrogens is 4. The molecule has 0 bridgehead atoms. The summed E-state index contributed by atoms with van der Waals surface area (Å²) in [5.74, 6) is -0.647. The average Bonchev–Trinajstić information content (AvgIpc) is 2.87. The van der Waals surface area contributed by atoms with Crippen molar-refractivity contribution in [2.75, 3.05) is 0 Å². The minimum absolute atomic E-state index is 0.366. The van der Waals surface area contributed by atoms with Gasteiger partial charge in [0, 0.05) is 0 Å². The summed E-state index contributed by atoms with van der Waals surface area (Å²) in [6.45, 7) is 4.94. The number of aliphatic carboxylic acids is 1. The van der Waals surface area contributed by atoms with Crippen LogP contribution in [-0.2, 0) is 10.3 Å². The van der Waals surface area contributed by atoms with Crippen LogP contribution in [0.2, 0.25) is 5.02 Å². The molecule has 1 N–H and O–H groups in total. The second kappa shape index (κ2) is 4.33. The van der Waals surface area contributed by atoms with Crippen LogP contribution in [-0.4, -0.2) is 31.3 Å². The molecule has 96 valence electrons. The van der Waals surface area contributed by atoms with Crippen molar-refractivity contribution in [2.24, 2.45) is 0 Å². The Bertz CT molecular complexity index is 605. The molecule has 0 aromatic carbocycles. The maximum absolute atomic E-state index is 11.2. The van der Waals surface area contributed by atoms with Crippen molar-refractivity contribution in [1.29, 1.82) is 0 Å². The number of hydrogen-bond donors (Lipinski definition) is 1. The van der Waals surface area contributed by atoms with Gasteiger partial charge in [0.05, 0.1) is 9.90 Å². The van der Waals surface area contributed by atoms with E-state index in [0.717, 1.165) is 5.56 Å². The fraction of sp³-hybridized carbons (Fsp3) is 0.400. The van der Waals surface area contributed by atoms with Crippen molar-refractivity contribution in [3.05, 3.63) is 16.0 Å². The highest BCUT2D eigenvalue weighted by molar-refractivity contribution is 7.14.